The number of furan rings is 1. The summed E-state index contributed by atoms with van der Waals surface area (Å²) < 4.78 is 5.86. The molecule has 2 heteroatoms. The molecule has 4 aliphatic carbocycles. The molecule has 2 nitrogen and oxygen atoms in total. The number of nitrogen functional groups attached to an aromatic ring is 1. The highest BCUT2D eigenvalue weighted by Gasteiger charge is 2.53. The summed E-state index contributed by atoms with van der Waals surface area (Å²) in [6.45, 7) is 4.39. The Kier molecular flexibility index (Phi) is 2.38. The van der Waals surface area contributed by atoms with Crippen molar-refractivity contribution in [3.05, 3.63) is 16.9 Å². The Bertz CT molecular complexity index is 478. The highest BCUT2D eigenvalue weighted by atomic mass is 16.4. The second-order valence-corrected chi connectivity index (χ2v) is 7.44. The second-order valence-electron chi connectivity index (χ2n) is 7.44. The molecule has 0 aromatic carbocycles. The molecule has 0 spiro atoms. The van der Waals surface area contributed by atoms with E-state index in [-0.39, 0.29) is 0 Å². The van der Waals surface area contributed by atoms with E-state index in [1.165, 1.54) is 49.7 Å². The van der Waals surface area contributed by atoms with Gasteiger partial charge >= 0.3 is 0 Å². The van der Waals surface area contributed by atoms with Crippen LogP contribution < -0.4 is 5.73 Å². The molecule has 0 amide bonds. The summed E-state index contributed by atoms with van der Waals surface area (Å²) in [6.07, 6.45) is 9.51. The highest BCUT2D eigenvalue weighted by Crippen LogP contribution is 2.62. The van der Waals surface area contributed by atoms with Crippen LogP contribution in [0.2, 0.25) is 0 Å². The van der Waals surface area contributed by atoms with Gasteiger partial charge in [0.25, 0.3) is 0 Å². The van der Waals surface area contributed by atoms with Crippen LogP contribution in [0, 0.1) is 24.7 Å². The summed E-state index contributed by atoms with van der Waals surface area (Å²) in [6, 6.07) is 0. The first kappa shape index (κ1) is 11.9. The number of nitrogens with two attached hydrogens (primary N) is 1. The average molecular weight is 259 g/mol. The largest absolute Gasteiger partial charge is 0.445 e. The quantitative estimate of drug-likeness (QED) is 0.864. The molecule has 4 aliphatic rings. The maximum absolute atomic E-state index is 6.27. The molecule has 5 rings (SSSR count). The van der Waals surface area contributed by atoms with Crippen LogP contribution in [-0.2, 0) is 11.8 Å². The van der Waals surface area contributed by atoms with E-state index in [1.54, 1.807) is 0 Å². The highest BCUT2D eigenvalue weighted by molar-refractivity contribution is 5.51. The molecular formula is C17H25NO. The molecule has 1 heterocycles. The van der Waals surface area contributed by atoms with Gasteiger partial charge in [0.05, 0.1) is 0 Å². The molecule has 4 saturated carbocycles. The fraction of sp³-hybridized carbons (Fsp3) is 0.765. The van der Waals surface area contributed by atoms with E-state index in [0.29, 0.717) is 5.41 Å². The van der Waals surface area contributed by atoms with E-state index < -0.39 is 0 Å². The van der Waals surface area contributed by atoms with Gasteiger partial charge in [-0.15, -0.1) is 0 Å². The summed E-state index contributed by atoms with van der Waals surface area (Å²) >= 11 is 0. The van der Waals surface area contributed by atoms with Gasteiger partial charge in [-0.25, -0.2) is 0 Å². The Labute approximate surface area is 115 Å². The zero-order chi connectivity index (χ0) is 13.2. The monoisotopic (exact) mass is 259 g/mol. The maximum atomic E-state index is 6.27. The first-order valence-corrected chi connectivity index (χ1v) is 7.99. The summed E-state index contributed by atoms with van der Waals surface area (Å²) in [4.78, 5) is 0. The predicted octanol–water partition coefficient (Wildman–Crippen LogP) is 4.20. The van der Waals surface area contributed by atoms with E-state index >= 15 is 0 Å². The molecular weight excluding hydrogens is 234 g/mol. The molecule has 0 unspecified atom stereocenters. The predicted molar refractivity (Wildman–Crippen MR) is 77.1 cm³/mol. The van der Waals surface area contributed by atoms with E-state index in [2.05, 4.69) is 13.8 Å². The first-order valence-electron chi connectivity index (χ1n) is 7.99. The van der Waals surface area contributed by atoms with Crippen molar-refractivity contribution >= 4 is 5.88 Å². The van der Waals surface area contributed by atoms with Crippen LogP contribution in [-0.4, -0.2) is 0 Å². The van der Waals surface area contributed by atoms with Crippen molar-refractivity contribution in [2.45, 2.75) is 64.2 Å². The van der Waals surface area contributed by atoms with Crippen LogP contribution in [0.4, 0.5) is 5.88 Å². The van der Waals surface area contributed by atoms with Crippen molar-refractivity contribution in [2.75, 3.05) is 5.73 Å². The smallest absolute Gasteiger partial charge is 0.194 e. The van der Waals surface area contributed by atoms with Crippen LogP contribution in [0.1, 0.15) is 62.3 Å². The lowest BCUT2D eigenvalue weighted by atomic mass is 9.48. The third-order valence-corrected chi connectivity index (χ3v) is 6.16. The van der Waals surface area contributed by atoms with Gasteiger partial charge in [-0.3, -0.25) is 0 Å². The van der Waals surface area contributed by atoms with Crippen LogP contribution >= 0.6 is 0 Å². The number of hydrogen-bond donors (Lipinski definition) is 1. The van der Waals surface area contributed by atoms with E-state index in [9.17, 15) is 0 Å². The van der Waals surface area contributed by atoms with Crippen molar-refractivity contribution < 1.29 is 4.42 Å². The minimum Gasteiger partial charge on any atom is -0.445 e. The van der Waals surface area contributed by atoms with E-state index in [0.717, 1.165) is 35.8 Å². The van der Waals surface area contributed by atoms with Crippen LogP contribution in [0.5, 0.6) is 0 Å². The van der Waals surface area contributed by atoms with Crippen LogP contribution in [0.3, 0.4) is 0 Å². The standard InChI is InChI=1S/C17H25NO/c1-3-14-10(2)15(16(18)19-14)17-7-11-4-12(8-17)6-13(5-11)9-17/h11-13H,3-9,18H2,1-2H3. The topological polar surface area (TPSA) is 39.2 Å². The number of hydrogen-bond acceptors (Lipinski definition) is 2. The number of anilines is 1. The van der Waals surface area contributed by atoms with E-state index in [4.69, 9.17) is 10.2 Å². The summed E-state index contributed by atoms with van der Waals surface area (Å²) in [5.74, 6) is 4.74. The fourth-order valence-electron chi connectivity index (χ4n) is 6.00. The Hall–Kier alpha value is -0.920. The Morgan fingerprint density at radius 3 is 2.05 bits per heavy atom. The molecule has 4 bridgehead atoms. The lowest BCUT2D eigenvalue weighted by Crippen LogP contribution is -2.48. The first-order chi connectivity index (χ1) is 9.11. The molecule has 1 aromatic heterocycles. The Morgan fingerprint density at radius 2 is 1.63 bits per heavy atom. The maximum Gasteiger partial charge on any atom is 0.194 e. The summed E-state index contributed by atoms with van der Waals surface area (Å²) in [5.41, 5.74) is 9.42. The van der Waals surface area contributed by atoms with Gasteiger partial charge in [-0.05, 0) is 68.8 Å². The third kappa shape index (κ3) is 1.55. The summed E-state index contributed by atoms with van der Waals surface area (Å²) in [5, 5.41) is 0. The molecule has 19 heavy (non-hydrogen) atoms. The van der Waals surface area contributed by atoms with E-state index in [1.807, 2.05) is 0 Å². The van der Waals surface area contributed by atoms with Crippen molar-refractivity contribution in [2.24, 2.45) is 17.8 Å². The Balaban J connectivity index is 1.81. The summed E-state index contributed by atoms with van der Waals surface area (Å²) in [7, 11) is 0. The zero-order valence-electron chi connectivity index (χ0n) is 12.2. The molecule has 0 aliphatic heterocycles. The van der Waals surface area contributed by atoms with Crippen molar-refractivity contribution in [1.29, 1.82) is 0 Å². The molecule has 4 fully saturated rings. The van der Waals surface area contributed by atoms with Gasteiger partial charge in [0, 0.05) is 17.4 Å². The van der Waals surface area contributed by atoms with Crippen LogP contribution in [0.25, 0.3) is 0 Å². The second kappa shape index (κ2) is 3.80. The molecule has 104 valence electrons. The third-order valence-electron chi connectivity index (χ3n) is 6.16. The molecule has 0 saturated heterocycles. The fourth-order valence-corrected chi connectivity index (χ4v) is 6.00. The molecule has 0 radical (unpaired) electrons. The van der Waals surface area contributed by atoms with Gasteiger partial charge in [0.1, 0.15) is 5.76 Å². The van der Waals surface area contributed by atoms with Crippen molar-refractivity contribution in [3.8, 4) is 0 Å². The molecule has 2 N–H and O–H groups in total. The normalized spacial score (nSPS) is 40.0. The zero-order valence-corrected chi connectivity index (χ0v) is 12.2. The van der Waals surface area contributed by atoms with Gasteiger partial charge in [-0.1, -0.05) is 6.92 Å². The van der Waals surface area contributed by atoms with Crippen molar-refractivity contribution in [3.63, 3.8) is 0 Å². The number of rotatable bonds is 2. The van der Waals surface area contributed by atoms with Gasteiger partial charge in [-0.2, -0.15) is 0 Å². The minimum absolute atomic E-state index is 0.375. The Morgan fingerprint density at radius 1 is 1.11 bits per heavy atom. The number of aryl methyl sites for hydroxylation is 1. The lowest BCUT2D eigenvalue weighted by Gasteiger charge is -2.57. The van der Waals surface area contributed by atoms with Crippen molar-refractivity contribution in [1.82, 2.24) is 0 Å². The van der Waals surface area contributed by atoms with Crippen LogP contribution in [0.15, 0.2) is 4.42 Å². The van der Waals surface area contributed by atoms with Gasteiger partial charge in [0.15, 0.2) is 5.88 Å². The molecule has 0 atom stereocenters. The van der Waals surface area contributed by atoms with Gasteiger partial charge < -0.3 is 10.2 Å². The average Bonchev–Trinajstić information content (AvgIpc) is 2.62. The van der Waals surface area contributed by atoms with Gasteiger partial charge in [0.2, 0.25) is 0 Å². The lowest BCUT2D eigenvalue weighted by molar-refractivity contribution is -0.00523. The SMILES string of the molecule is CCc1oc(N)c(C23CC4CC(CC(C4)C2)C3)c1C. The molecule has 1 aromatic rings. The minimum atomic E-state index is 0.375.